The number of ketones is 1. The van der Waals surface area contributed by atoms with E-state index in [1.54, 1.807) is 0 Å². The van der Waals surface area contributed by atoms with E-state index in [1.165, 1.54) is 20.8 Å². The molecule has 10 unspecified atom stereocenters. The van der Waals surface area contributed by atoms with Gasteiger partial charge in [-0.2, -0.15) is 0 Å². The van der Waals surface area contributed by atoms with E-state index in [0.29, 0.717) is 51.5 Å². The molecule has 0 aromatic rings. The first-order valence-corrected chi connectivity index (χ1v) is 17.8. The highest BCUT2D eigenvalue weighted by molar-refractivity contribution is 5.87. The van der Waals surface area contributed by atoms with Crippen LogP contribution in [0.4, 0.5) is 0 Å². The van der Waals surface area contributed by atoms with Gasteiger partial charge in [0, 0.05) is 46.4 Å². The van der Waals surface area contributed by atoms with Gasteiger partial charge < -0.3 is 70.9 Å². The van der Waals surface area contributed by atoms with Crippen LogP contribution in [0.25, 0.3) is 0 Å². The van der Waals surface area contributed by atoms with Crippen molar-refractivity contribution in [2.45, 2.75) is 146 Å². The van der Waals surface area contributed by atoms with Crippen molar-refractivity contribution in [3.8, 4) is 0 Å². The van der Waals surface area contributed by atoms with Gasteiger partial charge in [0.15, 0.2) is 18.4 Å². The summed E-state index contributed by atoms with van der Waals surface area (Å²) in [4.78, 5) is 60.0. The fraction of sp³-hybridized carbons (Fsp3) is 0.848. The van der Waals surface area contributed by atoms with Crippen LogP contribution in [-0.2, 0) is 42.9 Å². The fourth-order valence-corrected chi connectivity index (χ4v) is 5.83. The zero-order valence-corrected chi connectivity index (χ0v) is 30.1. The van der Waals surface area contributed by atoms with Gasteiger partial charge in [-0.25, -0.2) is 0 Å². The van der Waals surface area contributed by atoms with Crippen LogP contribution < -0.4 is 21.3 Å². The van der Waals surface area contributed by atoms with Crippen molar-refractivity contribution in [3.05, 3.63) is 0 Å². The third-order valence-electron chi connectivity index (χ3n) is 8.73. The maximum Gasteiger partial charge on any atom is 0.220 e. The first kappa shape index (κ1) is 45.3. The molecular formula is C33H58N4O15. The lowest BCUT2D eigenvalue weighted by Gasteiger charge is -2.42. The number of carbonyl (C=O) groups excluding carboxylic acids is 5. The Bertz CT molecular complexity index is 1130. The highest BCUT2D eigenvalue weighted by Crippen LogP contribution is 2.24. The zero-order chi connectivity index (χ0) is 38.8. The standard InChI is InChI=1S/C33H58N4O15/c1-18(40)21(37-25(44)12-6-9-15-50-33-27(36-20(3)42)31(48)29(46)23(17-39)52-33)10-4-7-13-34-24(43)11-5-8-14-49-32-26(35-19(2)41)30(47)28(45)22(16-38)51-32/h21-23,26-33,38-39,45-48H,4-17H2,1-3H3,(H,34,43)(H,35,41)(H,36,42)(H,37,44)/t21-,22?,23?,26?,27?,28?,29?,30?,31?,32?,33?/m1/s1. The van der Waals surface area contributed by atoms with Crippen molar-refractivity contribution in [2.75, 3.05) is 33.0 Å². The highest BCUT2D eigenvalue weighted by atomic mass is 16.7. The Kier molecular flexibility index (Phi) is 20.7. The Balaban J connectivity index is 1.60. The van der Waals surface area contributed by atoms with E-state index in [1.807, 2.05) is 0 Å². The molecule has 0 aromatic carbocycles. The molecule has 2 rings (SSSR count). The van der Waals surface area contributed by atoms with Crippen molar-refractivity contribution in [3.63, 3.8) is 0 Å². The molecule has 19 nitrogen and oxygen atoms in total. The molecule has 2 aliphatic heterocycles. The van der Waals surface area contributed by atoms with Gasteiger partial charge in [-0.15, -0.1) is 0 Å². The Labute approximate surface area is 303 Å². The summed E-state index contributed by atoms with van der Waals surface area (Å²) < 4.78 is 22.3. The monoisotopic (exact) mass is 750 g/mol. The van der Waals surface area contributed by atoms with Gasteiger partial charge in [-0.3, -0.25) is 24.0 Å². The molecule has 19 heteroatoms. The molecule has 11 atom stereocenters. The average Bonchev–Trinajstić information content (AvgIpc) is 3.09. The van der Waals surface area contributed by atoms with Crippen LogP contribution in [0.5, 0.6) is 0 Å². The summed E-state index contributed by atoms with van der Waals surface area (Å²) in [7, 11) is 0. The number of Topliss-reactive ketones (excluding diaryl/α,β-unsaturated/α-hetero) is 1. The van der Waals surface area contributed by atoms with Crippen molar-refractivity contribution >= 4 is 29.4 Å². The predicted octanol–water partition coefficient (Wildman–Crippen LogP) is -3.39. The van der Waals surface area contributed by atoms with Crippen LogP contribution in [-0.4, -0.2) is 160 Å². The Morgan fingerprint density at radius 1 is 0.635 bits per heavy atom. The average molecular weight is 751 g/mol. The molecule has 0 bridgehead atoms. The fourth-order valence-electron chi connectivity index (χ4n) is 5.83. The molecule has 2 aliphatic rings. The smallest absolute Gasteiger partial charge is 0.220 e. The number of aliphatic hydroxyl groups is 6. The first-order valence-electron chi connectivity index (χ1n) is 17.8. The van der Waals surface area contributed by atoms with E-state index in [-0.39, 0.29) is 43.7 Å². The van der Waals surface area contributed by atoms with Gasteiger partial charge in [0.25, 0.3) is 0 Å². The minimum absolute atomic E-state index is 0.100. The lowest BCUT2D eigenvalue weighted by atomic mass is 9.97. The highest BCUT2D eigenvalue weighted by Gasteiger charge is 2.46. The molecule has 4 amide bonds. The predicted molar refractivity (Wildman–Crippen MR) is 180 cm³/mol. The second kappa shape index (κ2) is 23.7. The van der Waals surface area contributed by atoms with Gasteiger partial charge in [0.05, 0.1) is 19.3 Å². The van der Waals surface area contributed by atoms with Crippen LogP contribution in [0.3, 0.4) is 0 Å². The Morgan fingerprint density at radius 2 is 1.10 bits per heavy atom. The SMILES string of the molecule is CC(=O)NC1C(OCCCCC(=O)NCCCC[C@@H](NC(=O)CCCCOC2OC(CO)C(O)C(O)C2NC(C)=O)C(C)=O)OC(CO)C(O)C1O. The molecule has 2 saturated heterocycles. The molecule has 2 fully saturated rings. The zero-order valence-electron chi connectivity index (χ0n) is 30.1. The maximum absolute atomic E-state index is 12.5. The number of rotatable bonds is 23. The molecule has 0 saturated carbocycles. The molecule has 0 aliphatic carbocycles. The van der Waals surface area contributed by atoms with E-state index in [9.17, 15) is 54.6 Å². The lowest BCUT2D eigenvalue weighted by molar-refractivity contribution is -0.270. The summed E-state index contributed by atoms with van der Waals surface area (Å²) in [6.07, 6.45) is -6.40. The minimum Gasteiger partial charge on any atom is -0.394 e. The van der Waals surface area contributed by atoms with E-state index in [0.717, 1.165) is 0 Å². The number of nitrogens with one attached hydrogen (secondary N) is 4. The maximum atomic E-state index is 12.5. The number of aliphatic hydroxyl groups excluding tert-OH is 6. The van der Waals surface area contributed by atoms with Gasteiger partial charge in [0.2, 0.25) is 23.6 Å². The number of carbonyl (C=O) groups is 5. The number of hydrogen-bond acceptors (Lipinski definition) is 15. The number of amides is 4. The van der Waals surface area contributed by atoms with Crippen LogP contribution in [0.2, 0.25) is 0 Å². The topological polar surface area (TPSA) is 292 Å². The van der Waals surface area contributed by atoms with Crippen molar-refractivity contribution < 1.29 is 73.6 Å². The van der Waals surface area contributed by atoms with Crippen LogP contribution >= 0.6 is 0 Å². The summed E-state index contributed by atoms with van der Waals surface area (Å²) in [5.41, 5.74) is 0. The summed E-state index contributed by atoms with van der Waals surface area (Å²) in [6, 6.07) is -2.77. The third kappa shape index (κ3) is 15.2. The number of unbranched alkanes of at least 4 members (excludes halogenated alkanes) is 3. The third-order valence-corrected chi connectivity index (χ3v) is 8.73. The van der Waals surface area contributed by atoms with Crippen LogP contribution in [0.15, 0.2) is 0 Å². The summed E-state index contributed by atoms with van der Waals surface area (Å²) in [6.45, 7) is 3.38. The molecule has 300 valence electrons. The lowest BCUT2D eigenvalue weighted by Crippen LogP contribution is -2.64. The molecule has 52 heavy (non-hydrogen) atoms. The summed E-state index contributed by atoms with van der Waals surface area (Å²) in [5.74, 6) is -1.61. The van der Waals surface area contributed by atoms with Crippen LogP contribution in [0, 0.1) is 0 Å². The minimum atomic E-state index is -1.42. The molecule has 10 N–H and O–H groups in total. The van der Waals surface area contributed by atoms with Gasteiger partial charge in [-0.05, 0) is 51.9 Å². The number of ether oxygens (including phenoxy) is 4. The Hall–Kier alpha value is -2.85. The van der Waals surface area contributed by atoms with E-state index >= 15 is 0 Å². The van der Waals surface area contributed by atoms with Crippen molar-refractivity contribution in [2.24, 2.45) is 0 Å². The largest absolute Gasteiger partial charge is 0.394 e. The quantitative estimate of drug-likeness (QED) is 0.0456. The summed E-state index contributed by atoms with van der Waals surface area (Å²) >= 11 is 0. The normalized spacial score (nSPS) is 29.5. The molecular weight excluding hydrogens is 692 g/mol. The number of hydrogen-bond donors (Lipinski definition) is 10. The van der Waals surface area contributed by atoms with E-state index < -0.39 is 92.4 Å². The van der Waals surface area contributed by atoms with Crippen molar-refractivity contribution in [1.82, 2.24) is 21.3 Å². The van der Waals surface area contributed by atoms with E-state index in [4.69, 9.17) is 18.9 Å². The van der Waals surface area contributed by atoms with Crippen LogP contribution in [0.1, 0.15) is 78.6 Å². The molecule has 0 aromatic heterocycles. The second-order valence-corrected chi connectivity index (χ2v) is 13.1. The second-order valence-electron chi connectivity index (χ2n) is 13.1. The van der Waals surface area contributed by atoms with E-state index in [2.05, 4.69) is 21.3 Å². The summed E-state index contributed by atoms with van der Waals surface area (Å²) in [5, 5.41) is 70.2. The van der Waals surface area contributed by atoms with Gasteiger partial charge >= 0.3 is 0 Å². The Morgan fingerprint density at radius 3 is 1.52 bits per heavy atom. The molecule has 0 radical (unpaired) electrons. The molecule has 0 spiro atoms. The first-order chi connectivity index (χ1) is 24.7. The molecule has 2 heterocycles. The van der Waals surface area contributed by atoms with Gasteiger partial charge in [-0.1, -0.05) is 0 Å². The van der Waals surface area contributed by atoms with Crippen molar-refractivity contribution in [1.29, 1.82) is 0 Å². The van der Waals surface area contributed by atoms with Gasteiger partial charge in [0.1, 0.15) is 48.7 Å².